The van der Waals surface area contributed by atoms with Crippen LogP contribution in [-0.4, -0.2) is 53.4 Å². The van der Waals surface area contributed by atoms with Crippen LogP contribution in [0.2, 0.25) is 0 Å². The number of carbonyl (C=O) groups is 2. The molecule has 1 saturated heterocycles. The number of likely N-dealkylation sites (tertiary alicyclic amines) is 1. The van der Waals surface area contributed by atoms with Gasteiger partial charge in [0.1, 0.15) is 17.4 Å². The van der Waals surface area contributed by atoms with Gasteiger partial charge in [0, 0.05) is 23.6 Å². The van der Waals surface area contributed by atoms with E-state index in [4.69, 9.17) is 10.5 Å². The van der Waals surface area contributed by atoms with E-state index in [1.165, 1.54) is 29.3 Å². The lowest BCUT2D eigenvalue weighted by molar-refractivity contribution is -0.274. The number of pyridine rings is 1. The second-order valence-corrected chi connectivity index (χ2v) is 7.96. The van der Waals surface area contributed by atoms with Gasteiger partial charge in [-0.3, -0.25) is 9.59 Å². The minimum Gasteiger partial charge on any atom is -0.471 e. The Balaban J connectivity index is 1.57. The van der Waals surface area contributed by atoms with Crippen molar-refractivity contribution in [2.24, 2.45) is 5.73 Å². The van der Waals surface area contributed by atoms with Crippen molar-refractivity contribution in [1.82, 2.24) is 9.88 Å². The molecule has 12 heteroatoms. The van der Waals surface area contributed by atoms with Crippen LogP contribution in [0.25, 0.3) is 0 Å². The van der Waals surface area contributed by atoms with E-state index in [1.807, 2.05) is 0 Å². The number of nitrogens with zero attached hydrogens (tertiary/aromatic N) is 2. The molecule has 1 aliphatic heterocycles. The zero-order chi connectivity index (χ0) is 23.5. The summed E-state index contributed by atoms with van der Waals surface area (Å²) in [5.74, 6) is -1.64. The number of alkyl halides is 4. The molecule has 7 nitrogen and oxygen atoms in total. The molecule has 0 bridgehead atoms. The van der Waals surface area contributed by atoms with Gasteiger partial charge in [-0.1, -0.05) is 12.1 Å². The number of piperidine rings is 1. The summed E-state index contributed by atoms with van der Waals surface area (Å²) in [5, 5.41) is 0. The Morgan fingerprint density at radius 3 is 2.53 bits per heavy atom. The summed E-state index contributed by atoms with van der Waals surface area (Å²) in [5.41, 5.74) is 5.77. The maximum absolute atomic E-state index is 14.7. The lowest BCUT2D eigenvalue weighted by Crippen LogP contribution is -2.49. The van der Waals surface area contributed by atoms with E-state index in [0.717, 1.165) is 12.1 Å². The highest BCUT2D eigenvalue weighted by Crippen LogP contribution is 2.26. The normalized spacial score (nSPS) is 18.8. The van der Waals surface area contributed by atoms with Crippen molar-refractivity contribution < 1.29 is 36.6 Å². The highest BCUT2D eigenvalue weighted by molar-refractivity contribution is 9.10. The van der Waals surface area contributed by atoms with Crippen molar-refractivity contribution in [3.63, 3.8) is 0 Å². The number of aromatic nitrogens is 1. The monoisotopic (exact) mass is 519 g/mol. The van der Waals surface area contributed by atoms with Gasteiger partial charge in [0.05, 0.1) is 13.0 Å². The average Bonchev–Trinajstić information content (AvgIpc) is 2.70. The second-order valence-electron chi connectivity index (χ2n) is 7.04. The number of ether oxygens (including phenoxy) is 2. The quantitative estimate of drug-likeness (QED) is 0.590. The Hall–Kier alpha value is -2.89. The Bertz CT molecular complexity index is 988. The number of hydrogen-bond acceptors (Lipinski definition) is 5. The maximum Gasteiger partial charge on any atom is 0.573 e. The fraction of sp³-hybridized carbons (Fsp3) is 0.350. The van der Waals surface area contributed by atoms with Crippen molar-refractivity contribution in [2.75, 3.05) is 13.1 Å². The third kappa shape index (κ3) is 6.31. The molecule has 0 aliphatic carbocycles. The van der Waals surface area contributed by atoms with Crippen LogP contribution in [0.5, 0.6) is 11.6 Å². The number of rotatable bonds is 6. The molecule has 32 heavy (non-hydrogen) atoms. The fourth-order valence-corrected chi connectivity index (χ4v) is 3.51. The first kappa shape index (κ1) is 23.8. The van der Waals surface area contributed by atoms with Crippen LogP contribution >= 0.6 is 15.9 Å². The van der Waals surface area contributed by atoms with Crippen molar-refractivity contribution in [1.29, 1.82) is 0 Å². The number of carbonyl (C=O) groups excluding carboxylic acids is 2. The summed E-state index contributed by atoms with van der Waals surface area (Å²) in [4.78, 5) is 29.4. The first-order chi connectivity index (χ1) is 15.0. The van der Waals surface area contributed by atoms with E-state index in [0.29, 0.717) is 10.0 Å². The van der Waals surface area contributed by atoms with E-state index in [2.05, 4.69) is 25.7 Å². The summed E-state index contributed by atoms with van der Waals surface area (Å²) in [6.45, 7) is -0.0389. The Morgan fingerprint density at radius 1 is 1.25 bits per heavy atom. The molecule has 1 unspecified atom stereocenters. The largest absolute Gasteiger partial charge is 0.573 e. The first-order valence-electron chi connectivity index (χ1n) is 9.40. The third-order valence-corrected chi connectivity index (χ3v) is 5.13. The maximum atomic E-state index is 14.7. The average molecular weight is 520 g/mol. The minimum atomic E-state index is -4.80. The number of amides is 2. The van der Waals surface area contributed by atoms with Gasteiger partial charge in [0.2, 0.25) is 11.8 Å². The van der Waals surface area contributed by atoms with Crippen LogP contribution in [0.3, 0.4) is 0 Å². The zero-order valence-electron chi connectivity index (χ0n) is 16.4. The van der Waals surface area contributed by atoms with Gasteiger partial charge in [0.25, 0.3) is 5.91 Å². The van der Waals surface area contributed by atoms with Gasteiger partial charge >= 0.3 is 6.36 Å². The molecule has 0 radical (unpaired) electrons. The molecule has 1 aliphatic rings. The lowest BCUT2D eigenvalue weighted by Gasteiger charge is -2.34. The third-order valence-electron chi connectivity index (χ3n) is 4.69. The van der Waals surface area contributed by atoms with Crippen LogP contribution in [0.15, 0.2) is 41.0 Å². The summed E-state index contributed by atoms with van der Waals surface area (Å²) < 4.78 is 61.2. The van der Waals surface area contributed by atoms with Crippen LogP contribution in [-0.2, 0) is 11.2 Å². The predicted molar refractivity (Wildman–Crippen MR) is 108 cm³/mol. The molecule has 2 aromatic rings. The van der Waals surface area contributed by atoms with Gasteiger partial charge in [-0.25, -0.2) is 9.37 Å². The number of nitrogens with two attached hydrogens (primary N) is 1. The fourth-order valence-electron chi connectivity index (χ4n) is 3.18. The summed E-state index contributed by atoms with van der Waals surface area (Å²) >= 11 is 3.17. The molecule has 2 atom stereocenters. The first-order valence-corrected chi connectivity index (χ1v) is 10.2. The Kier molecular flexibility index (Phi) is 7.22. The zero-order valence-corrected chi connectivity index (χ0v) is 18.0. The molecular weight excluding hydrogens is 502 g/mol. The van der Waals surface area contributed by atoms with Gasteiger partial charge in [0.15, 0.2) is 6.17 Å². The second kappa shape index (κ2) is 9.72. The molecular formula is C20H18BrF4N3O4. The van der Waals surface area contributed by atoms with Crippen molar-refractivity contribution in [3.05, 3.63) is 52.1 Å². The number of hydrogen-bond donors (Lipinski definition) is 1. The predicted octanol–water partition coefficient (Wildman–Crippen LogP) is 3.40. The summed E-state index contributed by atoms with van der Waals surface area (Å²) in [6.07, 6.45) is -5.83. The number of halogens is 5. The van der Waals surface area contributed by atoms with Crippen LogP contribution in [0.4, 0.5) is 17.6 Å². The summed E-state index contributed by atoms with van der Waals surface area (Å²) in [7, 11) is 0. The van der Waals surface area contributed by atoms with Crippen molar-refractivity contribution >= 4 is 27.7 Å². The van der Waals surface area contributed by atoms with E-state index in [1.54, 1.807) is 0 Å². The number of primary amides is 1. The molecule has 2 heterocycles. The Morgan fingerprint density at radius 2 is 1.94 bits per heavy atom. The SMILES string of the molecule is NC(=O)c1cc(Br)cnc1OC1CCN(C(=O)Cc2ccc(OC(F)(F)F)cc2)C[C@@H]1F. The lowest BCUT2D eigenvalue weighted by atomic mass is 10.0. The van der Waals surface area contributed by atoms with Gasteiger partial charge < -0.3 is 20.1 Å². The van der Waals surface area contributed by atoms with Gasteiger partial charge in [-0.05, 0) is 39.7 Å². The van der Waals surface area contributed by atoms with Crippen LogP contribution in [0.1, 0.15) is 22.3 Å². The Labute approximate surface area is 188 Å². The molecule has 2 amide bonds. The molecule has 0 saturated carbocycles. The topological polar surface area (TPSA) is 94.8 Å². The minimum absolute atomic E-state index is 0.00281. The van der Waals surface area contributed by atoms with E-state index in [-0.39, 0.29) is 43.3 Å². The molecule has 1 aromatic carbocycles. The highest BCUT2D eigenvalue weighted by Gasteiger charge is 2.34. The summed E-state index contributed by atoms with van der Waals surface area (Å²) in [6, 6.07) is 6.31. The van der Waals surface area contributed by atoms with Crippen molar-refractivity contribution in [3.8, 4) is 11.6 Å². The van der Waals surface area contributed by atoms with Crippen LogP contribution < -0.4 is 15.2 Å². The van der Waals surface area contributed by atoms with Gasteiger partial charge in [-0.15, -0.1) is 13.2 Å². The van der Waals surface area contributed by atoms with E-state index < -0.39 is 30.3 Å². The molecule has 2 N–H and O–H groups in total. The van der Waals surface area contributed by atoms with Gasteiger partial charge in [-0.2, -0.15) is 0 Å². The van der Waals surface area contributed by atoms with E-state index in [9.17, 15) is 27.2 Å². The standard InChI is InChI=1S/C20H18BrF4N3O4/c21-12-8-14(18(26)30)19(27-9-12)31-16-5-6-28(10-15(16)22)17(29)7-11-1-3-13(4-2-11)32-20(23,24)25/h1-4,8-9,15-16H,5-7,10H2,(H2,26,30)/t15-,16?/m0/s1. The molecule has 172 valence electrons. The smallest absolute Gasteiger partial charge is 0.471 e. The van der Waals surface area contributed by atoms with E-state index >= 15 is 0 Å². The molecule has 1 fully saturated rings. The highest BCUT2D eigenvalue weighted by atomic mass is 79.9. The number of benzene rings is 1. The van der Waals surface area contributed by atoms with Crippen LogP contribution in [0, 0.1) is 0 Å². The van der Waals surface area contributed by atoms with Crippen molar-refractivity contribution in [2.45, 2.75) is 31.5 Å². The molecule has 3 rings (SSSR count). The molecule has 1 aromatic heterocycles. The molecule has 0 spiro atoms.